The molecule has 1 aliphatic heterocycles. The van der Waals surface area contributed by atoms with Crippen molar-refractivity contribution >= 4 is 11.4 Å². The first-order chi connectivity index (χ1) is 12.3. The van der Waals surface area contributed by atoms with Crippen LogP contribution >= 0.6 is 0 Å². The molecule has 2 heterocycles. The van der Waals surface area contributed by atoms with Gasteiger partial charge in [0.1, 0.15) is 11.6 Å². The van der Waals surface area contributed by atoms with Gasteiger partial charge >= 0.3 is 0 Å². The molecule has 1 saturated heterocycles. The number of fused-ring (bicyclic) bond motifs is 1. The number of unbranched alkanes of at least 4 members (excludes halogenated alkanes) is 3. The van der Waals surface area contributed by atoms with Crippen LogP contribution < -0.4 is 5.73 Å². The quantitative estimate of drug-likeness (QED) is 0.676. The molecule has 138 valence electrons. The second kappa shape index (κ2) is 9.33. The van der Waals surface area contributed by atoms with Crippen LogP contribution in [0, 0.1) is 0 Å². The molecule has 0 spiro atoms. The van der Waals surface area contributed by atoms with Crippen LogP contribution in [0.4, 0.5) is 5.82 Å². The lowest BCUT2D eigenvalue weighted by Gasteiger charge is -2.26. The van der Waals surface area contributed by atoms with Crippen molar-refractivity contribution in [3.8, 4) is 0 Å². The van der Waals surface area contributed by atoms with Crippen LogP contribution in [0.2, 0.25) is 0 Å². The maximum atomic E-state index is 6.18. The number of aromatic nitrogens is 2. The van der Waals surface area contributed by atoms with Gasteiger partial charge in [0.2, 0.25) is 0 Å². The smallest absolute Gasteiger partial charge is 0.131 e. The summed E-state index contributed by atoms with van der Waals surface area (Å²) in [6, 6.07) is 0. The van der Waals surface area contributed by atoms with Crippen LogP contribution in [0.25, 0.3) is 5.57 Å². The topological polar surface area (TPSA) is 55.0 Å². The Morgan fingerprint density at radius 2 is 1.84 bits per heavy atom. The molecule has 1 fully saturated rings. The summed E-state index contributed by atoms with van der Waals surface area (Å²) in [5.41, 5.74) is 9.88. The second-order valence-electron chi connectivity index (χ2n) is 7.60. The predicted molar refractivity (Wildman–Crippen MR) is 105 cm³/mol. The summed E-state index contributed by atoms with van der Waals surface area (Å²) >= 11 is 0. The third-order valence-electron chi connectivity index (χ3n) is 5.57. The van der Waals surface area contributed by atoms with E-state index in [1.54, 1.807) is 0 Å². The standard InChI is InChI=1S/C21H34N4/c1-2-3-11-19-23-20-17(12-13-18(20)21(22)24-19)10-6-4-7-14-25-15-8-5-9-16-25/h12H,2-11,13-16H2,1H3,(H2,22,23,24). The summed E-state index contributed by atoms with van der Waals surface area (Å²) in [6.45, 7) is 6.11. The summed E-state index contributed by atoms with van der Waals surface area (Å²) in [6.07, 6.45) is 15.7. The minimum absolute atomic E-state index is 0.701. The average molecular weight is 343 g/mol. The third-order valence-corrected chi connectivity index (χ3v) is 5.57. The number of anilines is 1. The number of nitrogen functional groups attached to an aromatic ring is 1. The Morgan fingerprint density at radius 3 is 2.64 bits per heavy atom. The van der Waals surface area contributed by atoms with Crippen molar-refractivity contribution in [2.75, 3.05) is 25.4 Å². The molecule has 1 aromatic heterocycles. The minimum atomic E-state index is 0.701. The Bertz CT molecular complexity index is 588. The summed E-state index contributed by atoms with van der Waals surface area (Å²) < 4.78 is 0. The lowest BCUT2D eigenvalue weighted by Crippen LogP contribution is -2.30. The highest BCUT2D eigenvalue weighted by atomic mass is 15.1. The van der Waals surface area contributed by atoms with Gasteiger partial charge in [0, 0.05) is 12.0 Å². The van der Waals surface area contributed by atoms with E-state index in [0.717, 1.165) is 42.8 Å². The lowest BCUT2D eigenvalue weighted by molar-refractivity contribution is 0.224. The summed E-state index contributed by atoms with van der Waals surface area (Å²) in [7, 11) is 0. The molecule has 0 unspecified atom stereocenters. The second-order valence-corrected chi connectivity index (χ2v) is 7.60. The van der Waals surface area contributed by atoms with E-state index in [-0.39, 0.29) is 0 Å². The lowest BCUT2D eigenvalue weighted by atomic mass is 10.0. The van der Waals surface area contributed by atoms with Crippen molar-refractivity contribution < 1.29 is 0 Å². The molecule has 4 nitrogen and oxygen atoms in total. The van der Waals surface area contributed by atoms with Gasteiger partial charge in [0.25, 0.3) is 0 Å². The van der Waals surface area contributed by atoms with Gasteiger partial charge < -0.3 is 10.6 Å². The number of nitrogens with zero attached hydrogens (tertiary/aromatic N) is 3. The van der Waals surface area contributed by atoms with Gasteiger partial charge in [-0.1, -0.05) is 32.3 Å². The Morgan fingerprint density at radius 1 is 1.00 bits per heavy atom. The number of likely N-dealkylation sites (tertiary alicyclic amines) is 1. The zero-order chi connectivity index (χ0) is 17.5. The molecule has 0 bridgehead atoms. The van der Waals surface area contributed by atoms with E-state index in [4.69, 9.17) is 10.7 Å². The summed E-state index contributed by atoms with van der Waals surface area (Å²) in [4.78, 5) is 12.0. The van der Waals surface area contributed by atoms with Gasteiger partial charge in [0.05, 0.1) is 5.69 Å². The van der Waals surface area contributed by atoms with Crippen LogP contribution in [-0.2, 0) is 12.8 Å². The third kappa shape index (κ3) is 5.04. The number of hydrogen-bond acceptors (Lipinski definition) is 4. The first kappa shape index (κ1) is 18.4. The molecular formula is C21H34N4. The molecule has 2 N–H and O–H groups in total. The fourth-order valence-electron chi connectivity index (χ4n) is 4.02. The number of rotatable bonds is 9. The van der Waals surface area contributed by atoms with Gasteiger partial charge in [-0.05, 0) is 70.2 Å². The van der Waals surface area contributed by atoms with Crippen molar-refractivity contribution in [2.24, 2.45) is 0 Å². The predicted octanol–water partition coefficient (Wildman–Crippen LogP) is 4.39. The highest BCUT2D eigenvalue weighted by Gasteiger charge is 2.20. The van der Waals surface area contributed by atoms with E-state index in [2.05, 4.69) is 22.9 Å². The number of nitrogens with two attached hydrogens (primary N) is 1. The fraction of sp³-hybridized carbons (Fsp3) is 0.714. The molecule has 0 saturated carbocycles. The maximum absolute atomic E-state index is 6.18. The highest BCUT2D eigenvalue weighted by molar-refractivity contribution is 5.73. The van der Waals surface area contributed by atoms with E-state index in [1.807, 2.05) is 0 Å². The van der Waals surface area contributed by atoms with Gasteiger partial charge in [0.15, 0.2) is 0 Å². The normalized spacial score (nSPS) is 17.6. The van der Waals surface area contributed by atoms with Crippen LogP contribution in [0.3, 0.4) is 0 Å². The van der Waals surface area contributed by atoms with Gasteiger partial charge in [-0.2, -0.15) is 0 Å². The van der Waals surface area contributed by atoms with Crippen LogP contribution in [0.1, 0.15) is 81.8 Å². The van der Waals surface area contributed by atoms with Crippen molar-refractivity contribution in [2.45, 2.75) is 77.6 Å². The van der Waals surface area contributed by atoms with E-state index >= 15 is 0 Å². The maximum Gasteiger partial charge on any atom is 0.131 e. The van der Waals surface area contributed by atoms with E-state index in [9.17, 15) is 0 Å². The zero-order valence-electron chi connectivity index (χ0n) is 15.9. The Kier molecular flexibility index (Phi) is 6.85. The van der Waals surface area contributed by atoms with Gasteiger partial charge in [-0.25, -0.2) is 9.97 Å². The monoisotopic (exact) mass is 342 g/mol. The Labute approximate surface area is 152 Å². The van der Waals surface area contributed by atoms with Crippen molar-refractivity contribution in [1.29, 1.82) is 0 Å². The number of hydrogen-bond donors (Lipinski definition) is 1. The number of allylic oxidation sites excluding steroid dienone is 2. The molecule has 0 aromatic carbocycles. The molecule has 0 atom stereocenters. The molecule has 2 aliphatic rings. The van der Waals surface area contributed by atoms with Crippen molar-refractivity contribution in [3.63, 3.8) is 0 Å². The molecule has 1 aromatic rings. The molecule has 0 radical (unpaired) electrons. The molecule has 4 heteroatoms. The minimum Gasteiger partial charge on any atom is -0.383 e. The van der Waals surface area contributed by atoms with Crippen LogP contribution in [-0.4, -0.2) is 34.5 Å². The molecule has 0 amide bonds. The zero-order valence-corrected chi connectivity index (χ0v) is 15.9. The van der Waals surface area contributed by atoms with Gasteiger partial charge in [-0.15, -0.1) is 0 Å². The van der Waals surface area contributed by atoms with Gasteiger partial charge in [-0.3, -0.25) is 0 Å². The van der Waals surface area contributed by atoms with Crippen LogP contribution in [0.5, 0.6) is 0 Å². The molecular weight excluding hydrogens is 308 g/mol. The highest BCUT2D eigenvalue weighted by Crippen LogP contribution is 2.32. The molecule has 1 aliphatic carbocycles. The van der Waals surface area contributed by atoms with E-state index < -0.39 is 0 Å². The number of aryl methyl sites for hydroxylation is 1. The van der Waals surface area contributed by atoms with Crippen LogP contribution in [0.15, 0.2) is 6.08 Å². The van der Waals surface area contributed by atoms with Crippen molar-refractivity contribution in [1.82, 2.24) is 14.9 Å². The largest absolute Gasteiger partial charge is 0.383 e. The average Bonchev–Trinajstić information content (AvgIpc) is 3.04. The fourth-order valence-corrected chi connectivity index (χ4v) is 4.02. The van der Waals surface area contributed by atoms with E-state index in [0.29, 0.717) is 5.82 Å². The van der Waals surface area contributed by atoms with E-state index in [1.165, 1.54) is 70.2 Å². The van der Waals surface area contributed by atoms with Crippen molar-refractivity contribution in [3.05, 3.63) is 23.2 Å². The Balaban J connectivity index is 1.46. The first-order valence-corrected chi connectivity index (χ1v) is 10.3. The molecule has 25 heavy (non-hydrogen) atoms. The molecule has 3 rings (SSSR count). The Hall–Kier alpha value is -1.42. The summed E-state index contributed by atoms with van der Waals surface area (Å²) in [5, 5.41) is 0. The summed E-state index contributed by atoms with van der Waals surface area (Å²) in [5.74, 6) is 1.63. The number of piperidine rings is 1. The first-order valence-electron chi connectivity index (χ1n) is 10.3. The SMILES string of the molecule is CCCCc1nc(N)c2c(n1)C(CCCCCN1CCCCC1)=CC2.